The molecule has 2 rings (SSSR count). The smallest absolute Gasteiger partial charge is 0.0506 e. The van der Waals surface area contributed by atoms with Crippen molar-refractivity contribution in [2.45, 2.75) is 39.7 Å². The number of hydrogen-bond donors (Lipinski definition) is 1. The molecule has 1 fully saturated rings. The van der Waals surface area contributed by atoms with Crippen LogP contribution >= 0.6 is 0 Å². The Labute approximate surface area is 111 Å². The fourth-order valence-corrected chi connectivity index (χ4v) is 2.65. The van der Waals surface area contributed by atoms with Crippen molar-refractivity contribution < 1.29 is 4.74 Å². The zero-order valence-corrected chi connectivity index (χ0v) is 11.8. The molecule has 1 aliphatic rings. The molecular formula is C16H25NO. The predicted octanol–water partition coefficient (Wildman–Crippen LogP) is 3.38. The number of benzene rings is 1. The van der Waals surface area contributed by atoms with E-state index in [0.717, 1.165) is 19.8 Å². The minimum absolute atomic E-state index is 0.423. The third kappa shape index (κ3) is 3.56. The Bertz CT molecular complexity index is 383. The highest BCUT2D eigenvalue weighted by atomic mass is 16.5. The zero-order chi connectivity index (χ0) is 13.0. The van der Waals surface area contributed by atoms with E-state index >= 15 is 0 Å². The SMILES string of the molecule is Cc1ccc(C)c(C(C)NCC2CCCOC2)c1. The third-order valence-corrected chi connectivity index (χ3v) is 3.87. The molecule has 2 heteroatoms. The molecule has 18 heavy (non-hydrogen) atoms. The van der Waals surface area contributed by atoms with Gasteiger partial charge in [0.25, 0.3) is 0 Å². The van der Waals surface area contributed by atoms with Crippen LogP contribution in [0.2, 0.25) is 0 Å². The van der Waals surface area contributed by atoms with Crippen molar-refractivity contribution in [1.82, 2.24) is 5.32 Å². The quantitative estimate of drug-likeness (QED) is 0.880. The van der Waals surface area contributed by atoms with Crippen LogP contribution in [0.15, 0.2) is 18.2 Å². The summed E-state index contributed by atoms with van der Waals surface area (Å²) in [5.74, 6) is 0.686. The van der Waals surface area contributed by atoms with Crippen LogP contribution in [0.3, 0.4) is 0 Å². The summed E-state index contributed by atoms with van der Waals surface area (Å²) in [6.07, 6.45) is 2.51. The van der Waals surface area contributed by atoms with Crippen LogP contribution < -0.4 is 5.32 Å². The summed E-state index contributed by atoms with van der Waals surface area (Å²) in [4.78, 5) is 0. The molecule has 1 aromatic rings. The largest absolute Gasteiger partial charge is 0.381 e. The number of rotatable bonds is 4. The summed E-state index contributed by atoms with van der Waals surface area (Å²) in [5.41, 5.74) is 4.14. The first-order valence-corrected chi connectivity index (χ1v) is 7.05. The van der Waals surface area contributed by atoms with Crippen molar-refractivity contribution in [3.63, 3.8) is 0 Å². The van der Waals surface area contributed by atoms with Gasteiger partial charge in [0.05, 0.1) is 6.61 Å². The molecule has 1 aromatic carbocycles. The van der Waals surface area contributed by atoms with E-state index < -0.39 is 0 Å². The summed E-state index contributed by atoms with van der Waals surface area (Å²) < 4.78 is 5.52. The first kappa shape index (κ1) is 13.6. The van der Waals surface area contributed by atoms with Gasteiger partial charge < -0.3 is 10.1 Å². The Kier molecular flexibility index (Phi) is 4.79. The number of nitrogens with one attached hydrogen (secondary N) is 1. The third-order valence-electron chi connectivity index (χ3n) is 3.87. The van der Waals surface area contributed by atoms with Gasteiger partial charge in [0.2, 0.25) is 0 Å². The summed E-state index contributed by atoms with van der Waals surface area (Å²) in [5, 5.41) is 3.66. The molecule has 1 heterocycles. The highest BCUT2D eigenvalue weighted by Crippen LogP contribution is 2.20. The molecule has 0 aliphatic carbocycles. The van der Waals surface area contributed by atoms with E-state index in [1.807, 2.05) is 0 Å². The van der Waals surface area contributed by atoms with Gasteiger partial charge in [-0.2, -0.15) is 0 Å². The van der Waals surface area contributed by atoms with Crippen LogP contribution in [0.25, 0.3) is 0 Å². The fourth-order valence-electron chi connectivity index (χ4n) is 2.65. The van der Waals surface area contributed by atoms with Crippen molar-refractivity contribution in [3.05, 3.63) is 34.9 Å². The molecule has 100 valence electrons. The van der Waals surface area contributed by atoms with Crippen molar-refractivity contribution in [1.29, 1.82) is 0 Å². The molecule has 2 nitrogen and oxygen atoms in total. The van der Waals surface area contributed by atoms with Gasteiger partial charge in [0.15, 0.2) is 0 Å². The van der Waals surface area contributed by atoms with E-state index in [1.165, 1.54) is 29.5 Å². The maximum atomic E-state index is 5.52. The summed E-state index contributed by atoms with van der Waals surface area (Å²) in [7, 11) is 0. The lowest BCUT2D eigenvalue weighted by atomic mass is 9.98. The zero-order valence-electron chi connectivity index (χ0n) is 11.8. The van der Waals surface area contributed by atoms with Gasteiger partial charge in [0, 0.05) is 19.2 Å². The normalized spacial score (nSPS) is 21.8. The maximum absolute atomic E-state index is 5.52. The monoisotopic (exact) mass is 247 g/mol. The Hall–Kier alpha value is -0.860. The van der Waals surface area contributed by atoms with E-state index in [1.54, 1.807) is 0 Å². The Morgan fingerprint density at radius 3 is 2.94 bits per heavy atom. The van der Waals surface area contributed by atoms with Crippen LogP contribution in [0.4, 0.5) is 0 Å². The van der Waals surface area contributed by atoms with Crippen LogP contribution in [0.5, 0.6) is 0 Å². The van der Waals surface area contributed by atoms with Crippen LogP contribution in [-0.2, 0) is 4.74 Å². The standard InChI is InChI=1S/C16H25NO/c1-12-6-7-13(2)16(9-12)14(3)17-10-15-5-4-8-18-11-15/h6-7,9,14-15,17H,4-5,8,10-11H2,1-3H3. The molecule has 0 bridgehead atoms. The van der Waals surface area contributed by atoms with E-state index in [-0.39, 0.29) is 0 Å². The lowest BCUT2D eigenvalue weighted by molar-refractivity contribution is 0.0540. The second kappa shape index (κ2) is 6.35. The van der Waals surface area contributed by atoms with Gasteiger partial charge in [-0.25, -0.2) is 0 Å². The minimum atomic E-state index is 0.423. The molecule has 2 atom stereocenters. The summed E-state index contributed by atoms with van der Waals surface area (Å²) in [6, 6.07) is 7.11. The Balaban J connectivity index is 1.90. The predicted molar refractivity (Wildman–Crippen MR) is 75.9 cm³/mol. The van der Waals surface area contributed by atoms with Gasteiger partial charge >= 0.3 is 0 Å². The van der Waals surface area contributed by atoms with Gasteiger partial charge in [-0.1, -0.05) is 23.8 Å². The molecule has 1 N–H and O–H groups in total. The summed E-state index contributed by atoms with van der Waals surface area (Å²) >= 11 is 0. The van der Waals surface area contributed by atoms with Crippen molar-refractivity contribution in [2.75, 3.05) is 19.8 Å². The highest BCUT2D eigenvalue weighted by Gasteiger charge is 2.15. The number of ether oxygens (including phenoxy) is 1. The molecule has 0 saturated carbocycles. The van der Waals surface area contributed by atoms with Gasteiger partial charge in [-0.15, -0.1) is 0 Å². The molecular weight excluding hydrogens is 222 g/mol. The van der Waals surface area contributed by atoms with Crippen molar-refractivity contribution in [3.8, 4) is 0 Å². The van der Waals surface area contributed by atoms with Crippen LogP contribution in [-0.4, -0.2) is 19.8 Å². The molecule has 1 saturated heterocycles. The highest BCUT2D eigenvalue weighted by molar-refractivity contribution is 5.32. The minimum Gasteiger partial charge on any atom is -0.381 e. The molecule has 0 radical (unpaired) electrons. The summed E-state index contributed by atoms with van der Waals surface area (Å²) in [6.45, 7) is 9.54. The lowest BCUT2D eigenvalue weighted by Gasteiger charge is -2.25. The molecule has 0 spiro atoms. The van der Waals surface area contributed by atoms with E-state index in [0.29, 0.717) is 12.0 Å². The van der Waals surface area contributed by atoms with Gasteiger partial charge in [0.1, 0.15) is 0 Å². The lowest BCUT2D eigenvalue weighted by Crippen LogP contribution is -2.31. The van der Waals surface area contributed by atoms with E-state index in [9.17, 15) is 0 Å². The second-order valence-electron chi connectivity index (χ2n) is 5.57. The first-order valence-electron chi connectivity index (χ1n) is 7.05. The number of hydrogen-bond acceptors (Lipinski definition) is 2. The molecule has 2 unspecified atom stereocenters. The average Bonchev–Trinajstić information content (AvgIpc) is 2.40. The average molecular weight is 247 g/mol. The fraction of sp³-hybridized carbons (Fsp3) is 0.625. The first-order chi connectivity index (χ1) is 8.66. The Morgan fingerprint density at radius 1 is 1.39 bits per heavy atom. The van der Waals surface area contributed by atoms with E-state index in [4.69, 9.17) is 4.74 Å². The van der Waals surface area contributed by atoms with Gasteiger partial charge in [-0.05, 0) is 50.7 Å². The second-order valence-corrected chi connectivity index (χ2v) is 5.57. The molecule has 1 aliphatic heterocycles. The van der Waals surface area contributed by atoms with Crippen LogP contribution in [0, 0.1) is 19.8 Å². The van der Waals surface area contributed by atoms with E-state index in [2.05, 4.69) is 44.3 Å². The van der Waals surface area contributed by atoms with Gasteiger partial charge in [-0.3, -0.25) is 0 Å². The maximum Gasteiger partial charge on any atom is 0.0506 e. The van der Waals surface area contributed by atoms with Crippen molar-refractivity contribution in [2.24, 2.45) is 5.92 Å². The molecule has 0 amide bonds. The Morgan fingerprint density at radius 2 is 2.22 bits per heavy atom. The van der Waals surface area contributed by atoms with Crippen molar-refractivity contribution >= 4 is 0 Å². The number of aryl methyl sites for hydroxylation is 2. The topological polar surface area (TPSA) is 21.3 Å². The molecule has 0 aromatic heterocycles. The van der Waals surface area contributed by atoms with Crippen LogP contribution in [0.1, 0.15) is 42.5 Å².